The zero-order valence-electron chi connectivity index (χ0n) is 18.3. The third-order valence-electron chi connectivity index (χ3n) is 5.14. The zero-order chi connectivity index (χ0) is 24.1. The third kappa shape index (κ3) is 5.24. The van der Waals surface area contributed by atoms with E-state index in [2.05, 4.69) is 21.2 Å². The number of rotatable bonds is 5. The Labute approximate surface area is 195 Å². The van der Waals surface area contributed by atoms with Crippen molar-refractivity contribution in [3.8, 4) is 11.3 Å². The number of carbonyl (C=O) groups excluding carboxylic acids is 3. The maximum absolute atomic E-state index is 13.0. The molecule has 4 rings (SSSR count). The first-order valence-electron chi connectivity index (χ1n) is 10.5. The third-order valence-corrected chi connectivity index (χ3v) is 5.14. The molecule has 0 unspecified atom stereocenters. The van der Waals surface area contributed by atoms with Crippen molar-refractivity contribution >= 4 is 28.6 Å². The summed E-state index contributed by atoms with van der Waals surface area (Å²) in [5, 5.41) is 3.05. The smallest absolute Gasteiger partial charge is 0.270 e. The Kier molecular flexibility index (Phi) is 6.59. The number of aryl methyl sites for hydroxylation is 1. The van der Waals surface area contributed by atoms with Crippen LogP contribution in [0.3, 0.4) is 0 Å². The summed E-state index contributed by atoms with van der Waals surface area (Å²) < 4.78 is 13.0. The number of hydrazine groups is 1. The first-order chi connectivity index (χ1) is 16.4. The number of aromatic nitrogens is 1. The molecule has 8 heteroatoms. The molecule has 4 aromatic rings. The summed E-state index contributed by atoms with van der Waals surface area (Å²) in [7, 11) is 0. The van der Waals surface area contributed by atoms with E-state index in [0.29, 0.717) is 22.2 Å². The number of amides is 3. The average Bonchev–Trinajstić information content (AvgIpc) is 2.86. The van der Waals surface area contributed by atoms with Gasteiger partial charge in [0.15, 0.2) is 0 Å². The maximum atomic E-state index is 13.0. The molecule has 0 atom stereocenters. The molecule has 0 aliphatic carbocycles. The summed E-state index contributed by atoms with van der Waals surface area (Å²) >= 11 is 0. The highest BCUT2D eigenvalue weighted by atomic mass is 19.1. The van der Waals surface area contributed by atoms with Crippen LogP contribution in [0, 0.1) is 12.7 Å². The van der Waals surface area contributed by atoms with E-state index in [4.69, 9.17) is 0 Å². The van der Waals surface area contributed by atoms with Crippen LogP contribution in [0.5, 0.6) is 0 Å². The molecular formula is C26H21FN4O3. The van der Waals surface area contributed by atoms with Gasteiger partial charge >= 0.3 is 0 Å². The number of nitrogens with zero attached hydrogens (tertiary/aromatic N) is 1. The van der Waals surface area contributed by atoms with Crippen LogP contribution in [0.4, 0.5) is 4.39 Å². The summed E-state index contributed by atoms with van der Waals surface area (Å²) in [5.74, 6) is -2.15. The number of hydrogen-bond donors (Lipinski definition) is 3. The van der Waals surface area contributed by atoms with Crippen LogP contribution < -0.4 is 16.2 Å². The van der Waals surface area contributed by atoms with Gasteiger partial charge in [-0.15, -0.1) is 0 Å². The molecular weight excluding hydrogens is 435 g/mol. The fourth-order valence-electron chi connectivity index (χ4n) is 3.34. The molecule has 1 heterocycles. The number of carbonyl (C=O) groups is 3. The summed E-state index contributed by atoms with van der Waals surface area (Å²) in [5.41, 5.74) is 8.47. The molecule has 0 radical (unpaired) electrons. The number of halogens is 1. The van der Waals surface area contributed by atoms with E-state index in [-0.39, 0.29) is 12.1 Å². The fourth-order valence-corrected chi connectivity index (χ4v) is 3.34. The van der Waals surface area contributed by atoms with Crippen LogP contribution >= 0.6 is 0 Å². The van der Waals surface area contributed by atoms with Gasteiger partial charge in [0, 0.05) is 16.5 Å². The van der Waals surface area contributed by atoms with Gasteiger partial charge in [0.05, 0.1) is 23.3 Å². The van der Waals surface area contributed by atoms with E-state index >= 15 is 0 Å². The quantitative estimate of drug-likeness (QED) is 0.400. The number of hydrogen-bond acceptors (Lipinski definition) is 4. The largest absolute Gasteiger partial charge is 0.343 e. The molecule has 0 saturated heterocycles. The Balaban J connectivity index is 1.45. The molecule has 1 aromatic heterocycles. The van der Waals surface area contributed by atoms with Crippen molar-refractivity contribution in [3.63, 3.8) is 0 Å². The predicted octanol–water partition coefficient (Wildman–Crippen LogP) is 3.54. The minimum Gasteiger partial charge on any atom is -0.343 e. The maximum Gasteiger partial charge on any atom is 0.270 e. The Morgan fingerprint density at radius 1 is 0.853 bits per heavy atom. The van der Waals surface area contributed by atoms with Crippen LogP contribution in [0.15, 0.2) is 78.9 Å². The first kappa shape index (κ1) is 22.6. The normalized spacial score (nSPS) is 10.5. The van der Waals surface area contributed by atoms with Gasteiger partial charge in [0.25, 0.3) is 17.7 Å². The lowest BCUT2D eigenvalue weighted by Gasteiger charge is -2.12. The molecule has 3 N–H and O–H groups in total. The number of pyridine rings is 1. The molecule has 3 aromatic carbocycles. The summed E-state index contributed by atoms with van der Waals surface area (Å²) in [6.07, 6.45) is 0. The zero-order valence-corrected chi connectivity index (χ0v) is 18.3. The standard InChI is InChI=1S/C26H21FN4O3/c1-16-6-8-17(9-7-16)23-14-21(20-4-2-3-5-22(20)29-23)26(34)31-30-24(32)15-28-25(33)18-10-12-19(27)13-11-18/h2-14H,15H2,1H3,(H,28,33)(H,30,32)(H,31,34). The topological polar surface area (TPSA) is 100 Å². The van der Waals surface area contributed by atoms with Crippen molar-refractivity contribution in [2.45, 2.75) is 6.92 Å². The minimum absolute atomic E-state index is 0.213. The van der Waals surface area contributed by atoms with E-state index in [1.165, 1.54) is 12.1 Å². The number of fused-ring (bicyclic) bond motifs is 1. The van der Waals surface area contributed by atoms with Crippen molar-refractivity contribution in [1.82, 2.24) is 21.2 Å². The highest BCUT2D eigenvalue weighted by Gasteiger charge is 2.15. The molecule has 7 nitrogen and oxygen atoms in total. The molecule has 0 aliphatic heterocycles. The number of benzene rings is 3. The summed E-state index contributed by atoms with van der Waals surface area (Å²) in [4.78, 5) is 41.8. The first-order valence-corrected chi connectivity index (χ1v) is 10.5. The Bertz CT molecular complexity index is 1370. The van der Waals surface area contributed by atoms with Gasteiger partial charge in [0.1, 0.15) is 5.82 Å². The van der Waals surface area contributed by atoms with E-state index < -0.39 is 23.5 Å². The van der Waals surface area contributed by atoms with Crippen molar-refractivity contribution < 1.29 is 18.8 Å². The second-order valence-electron chi connectivity index (χ2n) is 7.63. The second kappa shape index (κ2) is 9.91. The molecule has 0 aliphatic rings. The second-order valence-corrected chi connectivity index (χ2v) is 7.63. The van der Waals surface area contributed by atoms with Gasteiger partial charge in [-0.05, 0) is 43.3 Å². The molecule has 34 heavy (non-hydrogen) atoms. The minimum atomic E-state index is -0.624. The monoisotopic (exact) mass is 456 g/mol. The van der Waals surface area contributed by atoms with E-state index in [1.807, 2.05) is 43.3 Å². The predicted molar refractivity (Wildman–Crippen MR) is 126 cm³/mol. The highest BCUT2D eigenvalue weighted by molar-refractivity contribution is 6.07. The van der Waals surface area contributed by atoms with Gasteiger partial charge < -0.3 is 5.32 Å². The highest BCUT2D eigenvalue weighted by Crippen LogP contribution is 2.25. The average molecular weight is 456 g/mol. The van der Waals surface area contributed by atoms with Gasteiger partial charge in [-0.2, -0.15) is 0 Å². The molecule has 0 bridgehead atoms. The lowest BCUT2D eigenvalue weighted by atomic mass is 10.0. The van der Waals surface area contributed by atoms with Crippen LogP contribution in [0.1, 0.15) is 26.3 Å². The van der Waals surface area contributed by atoms with Gasteiger partial charge in [-0.1, -0.05) is 48.0 Å². The van der Waals surface area contributed by atoms with Crippen LogP contribution in [-0.4, -0.2) is 29.3 Å². The van der Waals surface area contributed by atoms with Crippen LogP contribution in [-0.2, 0) is 4.79 Å². The van der Waals surface area contributed by atoms with E-state index in [1.54, 1.807) is 18.2 Å². The number of para-hydroxylation sites is 1. The van der Waals surface area contributed by atoms with Gasteiger partial charge in [-0.3, -0.25) is 25.2 Å². The van der Waals surface area contributed by atoms with Crippen molar-refractivity contribution in [3.05, 3.63) is 101 Å². The molecule has 0 saturated carbocycles. The molecule has 0 fully saturated rings. The van der Waals surface area contributed by atoms with Gasteiger partial charge in [-0.25, -0.2) is 9.37 Å². The van der Waals surface area contributed by atoms with E-state index in [9.17, 15) is 18.8 Å². The van der Waals surface area contributed by atoms with Gasteiger partial charge in [0.2, 0.25) is 0 Å². The van der Waals surface area contributed by atoms with Crippen LogP contribution in [0.25, 0.3) is 22.2 Å². The van der Waals surface area contributed by atoms with Crippen molar-refractivity contribution in [1.29, 1.82) is 0 Å². The number of nitrogens with one attached hydrogen (secondary N) is 3. The fraction of sp³-hybridized carbons (Fsp3) is 0.0769. The summed E-state index contributed by atoms with van der Waals surface area (Å²) in [6, 6.07) is 21.6. The SMILES string of the molecule is Cc1ccc(-c2cc(C(=O)NNC(=O)CNC(=O)c3ccc(F)cc3)c3ccccc3n2)cc1. The lowest BCUT2D eigenvalue weighted by Crippen LogP contribution is -2.46. The lowest BCUT2D eigenvalue weighted by molar-refractivity contribution is -0.120. The Hall–Kier alpha value is -4.59. The van der Waals surface area contributed by atoms with Crippen molar-refractivity contribution in [2.24, 2.45) is 0 Å². The Morgan fingerprint density at radius 2 is 1.56 bits per heavy atom. The van der Waals surface area contributed by atoms with Crippen LogP contribution in [0.2, 0.25) is 0 Å². The Morgan fingerprint density at radius 3 is 2.29 bits per heavy atom. The molecule has 170 valence electrons. The molecule has 3 amide bonds. The van der Waals surface area contributed by atoms with Crippen molar-refractivity contribution in [2.75, 3.05) is 6.54 Å². The molecule has 0 spiro atoms. The van der Waals surface area contributed by atoms with E-state index in [0.717, 1.165) is 23.3 Å². The summed E-state index contributed by atoms with van der Waals surface area (Å²) in [6.45, 7) is 1.61.